The molecule has 0 fully saturated rings. The Bertz CT molecular complexity index is 95.5. The highest BCUT2D eigenvalue weighted by atomic mass is 16.5. The summed E-state index contributed by atoms with van der Waals surface area (Å²) in [7, 11) is 0. The molecule has 1 rings (SSSR count). The minimum Gasteiger partial charge on any atom is -0.466 e. The third kappa shape index (κ3) is 6.75. The molecule has 0 aromatic carbocycles. The fraction of sp³-hybridized carbons (Fsp3) is 0.167. The van der Waals surface area contributed by atoms with Crippen LogP contribution in [0.5, 0.6) is 0 Å². The van der Waals surface area contributed by atoms with Gasteiger partial charge in [0.05, 0.1) is 0 Å². The molecule has 3 nitrogen and oxygen atoms in total. The van der Waals surface area contributed by atoms with Crippen molar-refractivity contribution in [2.24, 2.45) is 0 Å². The van der Waals surface area contributed by atoms with Crippen LogP contribution in [0.2, 0.25) is 0 Å². The third-order valence-electron chi connectivity index (χ3n) is 0.425. The fourth-order valence-corrected chi connectivity index (χ4v) is 0.219. The van der Waals surface area contributed by atoms with E-state index in [0.29, 0.717) is 0 Å². The second-order valence-electron chi connectivity index (χ2n) is 1.05. The number of carbonyl (C=O) groups is 1. The lowest BCUT2D eigenvalue weighted by Crippen LogP contribution is -1.74. The Labute approximate surface area is 53.6 Å². The van der Waals surface area contributed by atoms with Crippen LogP contribution in [0.3, 0.4) is 0 Å². The molecule has 1 aliphatic heterocycles. The van der Waals surface area contributed by atoms with E-state index >= 15 is 0 Å². The van der Waals surface area contributed by atoms with Crippen molar-refractivity contribution in [2.75, 3.05) is 0 Å². The summed E-state index contributed by atoms with van der Waals surface area (Å²) >= 11 is 0. The zero-order chi connectivity index (χ0) is 6.95. The molecule has 0 saturated carbocycles. The first-order valence-electron chi connectivity index (χ1n) is 2.42. The maximum absolute atomic E-state index is 8.81. The van der Waals surface area contributed by atoms with Gasteiger partial charge in [-0.1, -0.05) is 0 Å². The molecule has 0 aromatic rings. The Balaban J connectivity index is 0.000000187. The molecule has 0 spiro atoms. The highest BCUT2D eigenvalue weighted by Crippen LogP contribution is 1.89. The van der Waals surface area contributed by atoms with Gasteiger partial charge in [-0.2, -0.15) is 0 Å². The summed E-state index contributed by atoms with van der Waals surface area (Å²) in [5.41, 5.74) is 0. The van der Waals surface area contributed by atoms with Gasteiger partial charge in [-0.15, -0.1) is 0 Å². The average molecular weight is 128 g/mol. The first kappa shape index (κ1) is 7.75. The zero-order valence-electron chi connectivity index (χ0n) is 5.11. The predicted molar refractivity (Wildman–Crippen MR) is 32.2 cm³/mol. The van der Waals surface area contributed by atoms with Crippen LogP contribution in [0, 0.1) is 0 Å². The van der Waals surface area contributed by atoms with E-state index in [-0.39, 0.29) is 0 Å². The largest absolute Gasteiger partial charge is 0.466 e. The number of hydrogen-bond donors (Lipinski definition) is 0. The normalized spacial score (nSPS) is 12.1. The van der Waals surface area contributed by atoms with E-state index in [2.05, 4.69) is 9.47 Å². The van der Waals surface area contributed by atoms with Gasteiger partial charge in [-0.3, -0.25) is 0 Å². The van der Waals surface area contributed by atoms with Crippen LogP contribution < -0.4 is 0 Å². The molecule has 0 bridgehead atoms. The Morgan fingerprint density at radius 1 is 1.11 bits per heavy atom. The van der Waals surface area contributed by atoms with Gasteiger partial charge in [0, 0.05) is 0 Å². The van der Waals surface area contributed by atoms with Crippen molar-refractivity contribution in [1.82, 2.24) is 0 Å². The van der Waals surface area contributed by atoms with Crippen LogP contribution in [0.4, 0.5) is 0 Å². The molecule has 3 heteroatoms. The molecule has 0 aliphatic carbocycles. The van der Waals surface area contributed by atoms with E-state index < -0.39 is 0 Å². The maximum atomic E-state index is 8.81. The molecule has 1 heterocycles. The van der Waals surface area contributed by atoms with E-state index in [4.69, 9.17) is 4.79 Å². The van der Waals surface area contributed by atoms with Gasteiger partial charge in [-0.25, -0.2) is 0 Å². The van der Waals surface area contributed by atoms with Crippen molar-refractivity contribution in [3.05, 3.63) is 25.0 Å². The van der Waals surface area contributed by atoms with Crippen LogP contribution in [-0.2, 0) is 14.3 Å². The fourth-order valence-electron chi connectivity index (χ4n) is 0.219. The van der Waals surface area contributed by atoms with Crippen molar-refractivity contribution in [3.63, 3.8) is 0 Å². The summed E-state index contributed by atoms with van der Waals surface area (Å²) in [4.78, 5) is 8.81. The standard InChI is InChI=1S/C4H4O2.C2H4O/c1-2-6-4-3-5-1;1-2-3/h1-4H;2H,1H3. The number of hydrogen-bond acceptors (Lipinski definition) is 3. The maximum Gasteiger partial charge on any atom is 0.125 e. The molecule has 0 atom stereocenters. The predicted octanol–water partition coefficient (Wildman–Crippen LogP) is 1.18. The quantitative estimate of drug-likeness (QED) is 0.459. The molecule has 0 radical (unpaired) electrons. The lowest BCUT2D eigenvalue weighted by molar-refractivity contribution is -0.106. The summed E-state index contributed by atoms with van der Waals surface area (Å²) < 4.78 is 9.17. The monoisotopic (exact) mass is 128 g/mol. The van der Waals surface area contributed by atoms with E-state index in [1.54, 1.807) is 0 Å². The Morgan fingerprint density at radius 3 is 1.44 bits per heavy atom. The highest BCUT2D eigenvalue weighted by Gasteiger charge is 1.74. The van der Waals surface area contributed by atoms with Crippen molar-refractivity contribution in [3.8, 4) is 0 Å². The number of aldehydes is 1. The average Bonchev–Trinajstić information content (AvgIpc) is 1.93. The van der Waals surface area contributed by atoms with E-state index in [0.717, 1.165) is 6.29 Å². The van der Waals surface area contributed by atoms with Crippen molar-refractivity contribution in [1.29, 1.82) is 0 Å². The van der Waals surface area contributed by atoms with Gasteiger partial charge < -0.3 is 14.3 Å². The van der Waals surface area contributed by atoms with Crippen LogP contribution in [0.1, 0.15) is 6.92 Å². The van der Waals surface area contributed by atoms with Gasteiger partial charge in [0.2, 0.25) is 0 Å². The Hall–Kier alpha value is -1.25. The van der Waals surface area contributed by atoms with Gasteiger partial charge in [0.25, 0.3) is 0 Å². The van der Waals surface area contributed by atoms with Crippen molar-refractivity contribution in [2.45, 2.75) is 6.92 Å². The molecular weight excluding hydrogens is 120 g/mol. The first-order valence-corrected chi connectivity index (χ1v) is 2.42. The molecule has 0 aromatic heterocycles. The molecule has 0 unspecified atom stereocenters. The second-order valence-corrected chi connectivity index (χ2v) is 1.05. The van der Waals surface area contributed by atoms with E-state index in [9.17, 15) is 0 Å². The SMILES string of the molecule is C1=COC=CO1.CC=O. The molecule has 0 saturated heterocycles. The summed E-state index contributed by atoms with van der Waals surface area (Å²) in [6, 6.07) is 0. The van der Waals surface area contributed by atoms with E-state index in [1.807, 2.05) is 0 Å². The summed E-state index contributed by atoms with van der Waals surface area (Å²) in [6.07, 6.45) is 6.58. The number of rotatable bonds is 0. The van der Waals surface area contributed by atoms with Crippen molar-refractivity contribution < 1.29 is 14.3 Å². The molecule has 0 N–H and O–H groups in total. The molecule has 1 aliphatic rings. The van der Waals surface area contributed by atoms with Crippen molar-refractivity contribution >= 4 is 6.29 Å². The van der Waals surface area contributed by atoms with Gasteiger partial charge in [0.15, 0.2) is 0 Å². The van der Waals surface area contributed by atoms with Crippen LogP contribution in [0.15, 0.2) is 25.0 Å². The lowest BCUT2D eigenvalue weighted by atomic mass is 10.9. The summed E-state index contributed by atoms with van der Waals surface area (Å²) in [5, 5.41) is 0. The van der Waals surface area contributed by atoms with Gasteiger partial charge in [0.1, 0.15) is 31.3 Å². The minimum absolute atomic E-state index is 0.750. The Morgan fingerprint density at radius 2 is 1.33 bits per heavy atom. The molecule has 9 heavy (non-hydrogen) atoms. The zero-order valence-corrected chi connectivity index (χ0v) is 5.11. The smallest absolute Gasteiger partial charge is 0.125 e. The van der Waals surface area contributed by atoms with Crippen LogP contribution >= 0.6 is 0 Å². The third-order valence-corrected chi connectivity index (χ3v) is 0.425. The van der Waals surface area contributed by atoms with E-state index in [1.165, 1.54) is 32.0 Å². The van der Waals surface area contributed by atoms with Crippen LogP contribution in [-0.4, -0.2) is 6.29 Å². The topological polar surface area (TPSA) is 35.5 Å². The van der Waals surface area contributed by atoms with Crippen LogP contribution in [0.25, 0.3) is 0 Å². The summed E-state index contributed by atoms with van der Waals surface area (Å²) in [6.45, 7) is 1.44. The number of ether oxygens (including phenoxy) is 2. The van der Waals surface area contributed by atoms with Gasteiger partial charge in [-0.05, 0) is 6.92 Å². The molecular formula is C6H8O3. The minimum atomic E-state index is 0.750. The second kappa shape index (κ2) is 6.75. The lowest BCUT2D eigenvalue weighted by Gasteiger charge is -1.94. The first-order chi connectivity index (χ1) is 4.41. The molecule has 0 amide bonds. The number of carbonyl (C=O) groups excluding carboxylic acids is 1. The molecule has 50 valence electrons. The Kier molecular flexibility index (Phi) is 5.81. The van der Waals surface area contributed by atoms with Gasteiger partial charge >= 0.3 is 0 Å². The summed E-state index contributed by atoms with van der Waals surface area (Å²) in [5.74, 6) is 0. The highest BCUT2D eigenvalue weighted by molar-refractivity contribution is 5.44.